The predicted octanol–water partition coefficient (Wildman–Crippen LogP) is 1.88. The fourth-order valence-electron chi connectivity index (χ4n) is 1.66. The van der Waals surface area contributed by atoms with E-state index < -0.39 is 0 Å². The van der Waals surface area contributed by atoms with Crippen molar-refractivity contribution in [2.45, 2.75) is 6.54 Å². The molecule has 1 heterocycles. The van der Waals surface area contributed by atoms with E-state index >= 15 is 0 Å². The van der Waals surface area contributed by atoms with Crippen LogP contribution in [0.15, 0.2) is 42.7 Å². The maximum atomic E-state index is 8.10. The van der Waals surface area contributed by atoms with Crippen LogP contribution in [0.3, 0.4) is 0 Å². The third kappa shape index (κ3) is 2.53. The number of hydrogen-bond acceptors (Lipinski definition) is 2. The van der Waals surface area contributed by atoms with Gasteiger partial charge in [-0.15, -0.1) is 0 Å². The summed E-state index contributed by atoms with van der Waals surface area (Å²) in [5.74, 6) is 1.46. The third-order valence-electron chi connectivity index (χ3n) is 2.73. The van der Waals surface area contributed by atoms with Gasteiger partial charge >= 0.3 is 0 Å². The molecule has 1 aromatic heterocycles. The second-order valence-corrected chi connectivity index (χ2v) is 4.03. The number of nitrogens with zero attached hydrogens (tertiary/aromatic N) is 3. The zero-order valence-electron chi connectivity index (χ0n) is 10.1. The smallest absolute Gasteiger partial charge is 0.128 e. The lowest BCUT2D eigenvalue weighted by Gasteiger charge is -2.19. The van der Waals surface area contributed by atoms with Crippen LogP contribution in [-0.4, -0.2) is 27.3 Å². The Labute approximate surface area is 101 Å². The van der Waals surface area contributed by atoms with Gasteiger partial charge in [0.25, 0.3) is 0 Å². The van der Waals surface area contributed by atoms with E-state index in [2.05, 4.69) is 4.98 Å². The predicted molar refractivity (Wildman–Crippen MR) is 67.9 cm³/mol. The molecule has 0 aliphatic heterocycles. The van der Waals surface area contributed by atoms with Gasteiger partial charge < -0.3 is 9.47 Å². The summed E-state index contributed by atoms with van der Waals surface area (Å²) in [6.45, 7) is 0.636. The summed E-state index contributed by atoms with van der Waals surface area (Å²) in [5, 5.41) is 8.10. The maximum Gasteiger partial charge on any atom is 0.128 e. The van der Waals surface area contributed by atoms with E-state index in [1.54, 1.807) is 6.20 Å². The number of aromatic nitrogens is 2. The molecule has 0 spiro atoms. The summed E-state index contributed by atoms with van der Waals surface area (Å²) < 4.78 is 1.97. The minimum Gasteiger partial charge on any atom is -0.352 e. The van der Waals surface area contributed by atoms with E-state index in [-0.39, 0.29) is 0 Å². The minimum atomic E-state index is 0.508. The Morgan fingerprint density at radius 2 is 2.06 bits per heavy atom. The van der Waals surface area contributed by atoms with Crippen LogP contribution in [0.25, 0.3) is 0 Å². The molecule has 1 N–H and O–H groups in total. The fraction of sp³-hybridized carbons (Fsp3) is 0.231. The van der Waals surface area contributed by atoms with Gasteiger partial charge in [-0.2, -0.15) is 0 Å². The highest BCUT2D eigenvalue weighted by molar-refractivity contribution is 5.96. The van der Waals surface area contributed by atoms with E-state index in [9.17, 15) is 0 Å². The number of hydrogen-bond donors (Lipinski definition) is 1. The molecular weight excluding hydrogens is 212 g/mol. The average Bonchev–Trinajstić information content (AvgIpc) is 2.75. The summed E-state index contributed by atoms with van der Waals surface area (Å²) in [4.78, 5) is 6.14. The SMILES string of the molecule is CN(Cc1nccn1C)C(=N)c1ccccc1. The van der Waals surface area contributed by atoms with Crippen LogP contribution in [0.1, 0.15) is 11.4 Å². The lowest BCUT2D eigenvalue weighted by molar-refractivity contribution is 0.472. The molecule has 0 saturated carbocycles. The Kier molecular flexibility index (Phi) is 3.23. The third-order valence-corrected chi connectivity index (χ3v) is 2.73. The van der Waals surface area contributed by atoms with E-state index in [1.807, 2.05) is 60.1 Å². The lowest BCUT2D eigenvalue weighted by atomic mass is 10.2. The Morgan fingerprint density at radius 1 is 1.35 bits per heavy atom. The molecule has 0 aliphatic rings. The topological polar surface area (TPSA) is 44.9 Å². The zero-order valence-corrected chi connectivity index (χ0v) is 10.1. The highest BCUT2D eigenvalue weighted by atomic mass is 15.2. The molecule has 1 aromatic carbocycles. The van der Waals surface area contributed by atoms with Crippen molar-refractivity contribution in [3.8, 4) is 0 Å². The molecule has 0 fully saturated rings. The summed E-state index contributed by atoms with van der Waals surface area (Å²) in [7, 11) is 3.87. The molecule has 17 heavy (non-hydrogen) atoms. The molecule has 0 amide bonds. The van der Waals surface area contributed by atoms with Crippen LogP contribution < -0.4 is 0 Å². The number of imidazole rings is 1. The molecule has 2 rings (SSSR count). The molecule has 88 valence electrons. The first-order valence-electron chi connectivity index (χ1n) is 5.50. The van der Waals surface area contributed by atoms with Gasteiger partial charge in [-0.05, 0) is 0 Å². The molecule has 4 nitrogen and oxygen atoms in total. The number of aryl methyl sites for hydroxylation is 1. The van der Waals surface area contributed by atoms with Gasteiger partial charge in [-0.25, -0.2) is 4.98 Å². The van der Waals surface area contributed by atoms with Crippen LogP contribution in [0.4, 0.5) is 0 Å². The average molecular weight is 228 g/mol. The molecule has 0 unspecified atom stereocenters. The van der Waals surface area contributed by atoms with Crippen molar-refractivity contribution in [1.29, 1.82) is 5.41 Å². The number of rotatable bonds is 3. The van der Waals surface area contributed by atoms with Gasteiger partial charge in [0.05, 0.1) is 6.54 Å². The Bertz CT molecular complexity index is 501. The largest absolute Gasteiger partial charge is 0.352 e. The second kappa shape index (κ2) is 4.82. The van der Waals surface area contributed by atoms with Gasteiger partial charge in [-0.1, -0.05) is 30.3 Å². The molecular formula is C13H16N4. The van der Waals surface area contributed by atoms with Crippen molar-refractivity contribution in [1.82, 2.24) is 14.5 Å². The fourth-order valence-corrected chi connectivity index (χ4v) is 1.66. The quantitative estimate of drug-likeness (QED) is 0.644. The molecule has 0 atom stereocenters. The first-order chi connectivity index (χ1) is 8.18. The van der Waals surface area contributed by atoms with Crippen LogP contribution >= 0.6 is 0 Å². The number of amidine groups is 1. The molecule has 0 bridgehead atoms. The highest BCUT2D eigenvalue weighted by Gasteiger charge is 2.09. The zero-order chi connectivity index (χ0) is 12.3. The molecule has 0 radical (unpaired) electrons. The normalized spacial score (nSPS) is 10.2. The molecule has 0 aliphatic carbocycles. The van der Waals surface area contributed by atoms with Crippen molar-refractivity contribution >= 4 is 5.84 Å². The minimum absolute atomic E-state index is 0.508. The summed E-state index contributed by atoms with van der Waals surface area (Å²) in [6, 6.07) is 9.72. The standard InChI is InChI=1S/C13H16N4/c1-16-9-8-15-12(16)10-17(2)13(14)11-6-4-3-5-7-11/h3-9,14H,10H2,1-2H3. The van der Waals surface area contributed by atoms with Crippen LogP contribution in [0.2, 0.25) is 0 Å². The molecule has 4 heteroatoms. The van der Waals surface area contributed by atoms with E-state index in [0.717, 1.165) is 11.4 Å². The molecule has 2 aromatic rings. The number of nitrogens with one attached hydrogen (secondary N) is 1. The summed E-state index contributed by atoms with van der Waals surface area (Å²) in [6.07, 6.45) is 3.69. The van der Waals surface area contributed by atoms with Gasteiger partial charge in [0, 0.05) is 32.1 Å². The summed E-state index contributed by atoms with van der Waals surface area (Å²) in [5.41, 5.74) is 0.921. The van der Waals surface area contributed by atoms with Crippen LogP contribution in [-0.2, 0) is 13.6 Å². The van der Waals surface area contributed by atoms with Crippen molar-refractivity contribution in [3.05, 3.63) is 54.1 Å². The lowest BCUT2D eigenvalue weighted by Crippen LogP contribution is -2.27. The van der Waals surface area contributed by atoms with Gasteiger partial charge in [0.15, 0.2) is 0 Å². The second-order valence-electron chi connectivity index (χ2n) is 4.03. The van der Waals surface area contributed by atoms with Crippen LogP contribution in [0, 0.1) is 5.41 Å². The van der Waals surface area contributed by atoms with E-state index in [1.165, 1.54) is 0 Å². The monoisotopic (exact) mass is 228 g/mol. The Hall–Kier alpha value is -2.10. The van der Waals surface area contributed by atoms with Crippen molar-refractivity contribution in [3.63, 3.8) is 0 Å². The summed E-state index contributed by atoms with van der Waals surface area (Å²) >= 11 is 0. The number of benzene rings is 1. The first-order valence-corrected chi connectivity index (χ1v) is 5.50. The Morgan fingerprint density at radius 3 is 2.65 bits per heavy atom. The first kappa shape index (κ1) is 11.4. The van der Waals surface area contributed by atoms with Gasteiger partial charge in [0.1, 0.15) is 11.7 Å². The molecule has 0 saturated heterocycles. The Balaban J connectivity index is 2.09. The van der Waals surface area contributed by atoms with Crippen molar-refractivity contribution in [2.24, 2.45) is 7.05 Å². The maximum absolute atomic E-state index is 8.10. The van der Waals surface area contributed by atoms with Gasteiger partial charge in [-0.3, -0.25) is 5.41 Å². The van der Waals surface area contributed by atoms with Gasteiger partial charge in [0.2, 0.25) is 0 Å². The van der Waals surface area contributed by atoms with Crippen molar-refractivity contribution < 1.29 is 0 Å². The highest BCUT2D eigenvalue weighted by Crippen LogP contribution is 2.06. The van der Waals surface area contributed by atoms with E-state index in [0.29, 0.717) is 12.4 Å². The van der Waals surface area contributed by atoms with E-state index in [4.69, 9.17) is 5.41 Å². The van der Waals surface area contributed by atoms with Crippen LogP contribution in [0.5, 0.6) is 0 Å². The van der Waals surface area contributed by atoms with Crippen molar-refractivity contribution in [2.75, 3.05) is 7.05 Å².